The first-order valence-corrected chi connectivity index (χ1v) is 6.42. The minimum Gasteiger partial charge on any atom is -0.368 e. The highest BCUT2D eigenvalue weighted by Gasteiger charge is 2.09. The molecule has 4 N–H and O–H groups in total. The third-order valence-corrected chi connectivity index (χ3v) is 3.26. The summed E-state index contributed by atoms with van der Waals surface area (Å²) >= 11 is 3.44. The molecule has 0 bridgehead atoms. The van der Waals surface area contributed by atoms with E-state index in [0.29, 0.717) is 11.5 Å². The van der Waals surface area contributed by atoms with Crippen molar-refractivity contribution in [1.82, 2.24) is 20.2 Å². The lowest BCUT2D eigenvalue weighted by Gasteiger charge is -2.10. The smallest absolute Gasteiger partial charge is 0.224 e. The van der Waals surface area contributed by atoms with Crippen molar-refractivity contribution in [3.8, 4) is 0 Å². The maximum atomic E-state index is 5.68. The zero-order valence-corrected chi connectivity index (χ0v) is 11.7. The van der Waals surface area contributed by atoms with Crippen LogP contribution in [-0.4, -0.2) is 20.2 Å². The highest BCUT2D eigenvalue weighted by Crippen LogP contribution is 2.26. The second-order valence-electron chi connectivity index (χ2n) is 4.15. The Bertz CT molecular complexity index is 751. The summed E-state index contributed by atoms with van der Waals surface area (Å²) < 4.78 is 1.03. The van der Waals surface area contributed by atoms with Crippen LogP contribution in [0.2, 0.25) is 0 Å². The summed E-state index contributed by atoms with van der Waals surface area (Å²) in [5.41, 5.74) is 8.36. The summed E-state index contributed by atoms with van der Waals surface area (Å²) in [7, 11) is 0. The van der Waals surface area contributed by atoms with E-state index in [0.717, 1.165) is 21.1 Å². The summed E-state index contributed by atoms with van der Waals surface area (Å²) in [5.74, 6) is 0.843. The fourth-order valence-corrected chi connectivity index (χ4v) is 2.32. The molecule has 0 aliphatic heterocycles. The molecule has 96 valence electrons. The first-order chi connectivity index (χ1) is 9.13. The van der Waals surface area contributed by atoms with Crippen LogP contribution in [0.1, 0.15) is 5.56 Å². The van der Waals surface area contributed by atoms with Crippen LogP contribution in [-0.2, 0) is 0 Å². The molecule has 0 aliphatic rings. The summed E-state index contributed by atoms with van der Waals surface area (Å²) in [6, 6.07) is 5.97. The molecule has 0 radical (unpaired) electrons. The van der Waals surface area contributed by atoms with E-state index in [1.807, 2.05) is 25.1 Å². The van der Waals surface area contributed by atoms with Crippen LogP contribution >= 0.6 is 15.9 Å². The van der Waals surface area contributed by atoms with Crippen LogP contribution in [0.5, 0.6) is 0 Å². The molecule has 2 aromatic heterocycles. The van der Waals surface area contributed by atoms with E-state index in [9.17, 15) is 0 Å². The van der Waals surface area contributed by atoms with E-state index in [2.05, 4.69) is 41.4 Å². The van der Waals surface area contributed by atoms with Gasteiger partial charge in [0.25, 0.3) is 0 Å². The maximum absolute atomic E-state index is 5.68. The Hall–Kier alpha value is -2.15. The number of aromatic amines is 1. The van der Waals surface area contributed by atoms with Crippen molar-refractivity contribution in [3.63, 3.8) is 0 Å². The van der Waals surface area contributed by atoms with E-state index in [4.69, 9.17) is 5.73 Å². The van der Waals surface area contributed by atoms with Crippen molar-refractivity contribution in [2.75, 3.05) is 11.1 Å². The summed E-state index contributed by atoms with van der Waals surface area (Å²) in [5, 5.41) is 10.8. The first kappa shape index (κ1) is 11.9. The minimum atomic E-state index is 0.203. The van der Waals surface area contributed by atoms with Gasteiger partial charge in [-0.15, -0.1) is 0 Å². The normalized spacial score (nSPS) is 10.8. The van der Waals surface area contributed by atoms with Gasteiger partial charge in [-0.1, -0.05) is 15.9 Å². The number of nitrogen functional groups attached to an aromatic ring is 1. The number of benzene rings is 1. The van der Waals surface area contributed by atoms with Crippen molar-refractivity contribution in [1.29, 1.82) is 0 Å². The molecule has 6 nitrogen and oxygen atoms in total. The minimum absolute atomic E-state index is 0.203. The molecule has 0 unspecified atom stereocenters. The van der Waals surface area contributed by atoms with Crippen LogP contribution in [0.4, 0.5) is 17.5 Å². The number of aromatic nitrogens is 4. The van der Waals surface area contributed by atoms with Crippen LogP contribution < -0.4 is 11.1 Å². The standard InChI is InChI=1S/C12H11BrN6/c1-6-4-7(13)2-3-9(6)16-10-8-5-15-19-11(8)18-12(14)17-10/h2-5H,1H3,(H4,14,15,16,17,18,19). The highest BCUT2D eigenvalue weighted by molar-refractivity contribution is 9.10. The Kier molecular flexibility index (Phi) is 2.83. The monoisotopic (exact) mass is 318 g/mol. The number of H-pyrrole nitrogens is 1. The molecule has 0 aliphatic carbocycles. The number of nitrogens with two attached hydrogens (primary N) is 1. The summed E-state index contributed by atoms with van der Waals surface area (Å²) in [6.07, 6.45) is 1.67. The van der Waals surface area contributed by atoms with Gasteiger partial charge in [0, 0.05) is 10.2 Å². The molecule has 7 heteroatoms. The number of aryl methyl sites for hydroxylation is 1. The third kappa shape index (κ3) is 2.24. The highest BCUT2D eigenvalue weighted by atomic mass is 79.9. The van der Waals surface area contributed by atoms with Crippen molar-refractivity contribution in [2.24, 2.45) is 0 Å². The predicted molar refractivity (Wildman–Crippen MR) is 78.3 cm³/mol. The molecule has 0 saturated heterocycles. The van der Waals surface area contributed by atoms with Gasteiger partial charge in [0.05, 0.1) is 11.6 Å². The van der Waals surface area contributed by atoms with E-state index in [-0.39, 0.29) is 5.95 Å². The number of anilines is 3. The molecule has 3 aromatic rings. The summed E-state index contributed by atoms with van der Waals surface area (Å²) in [6.45, 7) is 2.02. The Morgan fingerprint density at radius 3 is 2.95 bits per heavy atom. The van der Waals surface area contributed by atoms with Gasteiger partial charge >= 0.3 is 0 Å². The van der Waals surface area contributed by atoms with Gasteiger partial charge in [-0.2, -0.15) is 15.1 Å². The molecule has 2 heterocycles. The topological polar surface area (TPSA) is 92.5 Å². The number of hydrogen-bond donors (Lipinski definition) is 3. The predicted octanol–water partition coefficient (Wildman–Crippen LogP) is 2.75. The van der Waals surface area contributed by atoms with Crippen LogP contribution in [0.15, 0.2) is 28.9 Å². The number of nitrogens with one attached hydrogen (secondary N) is 2. The number of rotatable bonds is 2. The van der Waals surface area contributed by atoms with Crippen LogP contribution in [0, 0.1) is 6.92 Å². The molecular formula is C12H11BrN6. The van der Waals surface area contributed by atoms with Gasteiger partial charge in [0.15, 0.2) is 5.65 Å². The van der Waals surface area contributed by atoms with Gasteiger partial charge in [-0.25, -0.2) is 0 Å². The Labute approximate surface area is 117 Å². The molecule has 0 amide bonds. The van der Waals surface area contributed by atoms with E-state index >= 15 is 0 Å². The molecule has 0 spiro atoms. The zero-order chi connectivity index (χ0) is 13.4. The molecular weight excluding hydrogens is 308 g/mol. The lowest BCUT2D eigenvalue weighted by molar-refractivity contribution is 1.09. The molecule has 0 fully saturated rings. The molecule has 0 saturated carbocycles. The lowest BCUT2D eigenvalue weighted by Crippen LogP contribution is -2.01. The second-order valence-corrected chi connectivity index (χ2v) is 5.06. The quantitative estimate of drug-likeness (QED) is 0.675. The van der Waals surface area contributed by atoms with E-state index in [1.165, 1.54) is 0 Å². The Morgan fingerprint density at radius 1 is 1.32 bits per heavy atom. The van der Waals surface area contributed by atoms with Crippen LogP contribution in [0.3, 0.4) is 0 Å². The molecule has 0 atom stereocenters. The molecule has 1 aromatic carbocycles. The van der Waals surface area contributed by atoms with Crippen molar-refractivity contribution >= 4 is 44.4 Å². The first-order valence-electron chi connectivity index (χ1n) is 5.63. The van der Waals surface area contributed by atoms with Crippen molar-refractivity contribution in [2.45, 2.75) is 6.92 Å². The van der Waals surface area contributed by atoms with Crippen molar-refractivity contribution in [3.05, 3.63) is 34.4 Å². The third-order valence-electron chi connectivity index (χ3n) is 2.77. The molecule has 19 heavy (non-hydrogen) atoms. The summed E-state index contributed by atoms with van der Waals surface area (Å²) in [4.78, 5) is 8.29. The van der Waals surface area contributed by atoms with Gasteiger partial charge < -0.3 is 11.1 Å². The SMILES string of the molecule is Cc1cc(Br)ccc1Nc1nc(N)nc2[nH]ncc12. The number of nitrogens with zero attached hydrogens (tertiary/aromatic N) is 3. The molecule has 3 rings (SSSR count). The van der Waals surface area contributed by atoms with Gasteiger partial charge in [-0.3, -0.25) is 5.10 Å². The van der Waals surface area contributed by atoms with Gasteiger partial charge in [0.2, 0.25) is 5.95 Å². The zero-order valence-electron chi connectivity index (χ0n) is 10.1. The maximum Gasteiger partial charge on any atom is 0.224 e. The van der Waals surface area contributed by atoms with Crippen molar-refractivity contribution < 1.29 is 0 Å². The van der Waals surface area contributed by atoms with Gasteiger partial charge in [0.1, 0.15) is 5.82 Å². The fourth-order valence-electron chi connectivity index (χ4n) is 1.84. The fraction of sp³-hybridized carbons (Fsp3) is 0.0833. The van der Waals surface area contributed by atoms with E-state index < -0.39 is 0 Å². The largest absolute Gasteiger partial charge is 0.368 e. The number of fused-ring (bicyclic) bond motifs is 1. The van der Waals surface area contributed by atoms with Crippen LogP contribution in [0.25, 0.3) is 11.0 Å². The number of halogens is 1. The van der Waals surface area contributed by atoms with E-state index in [1.54, 1.807) is 6.20 Å². The average Bonchev–Trinajstić information content (AvgIpc) is 2.80. The number of hydrogen-bond acceptors (Lipinski definition) is 5. The lowest BCUT2D eigenvalue weighted by atomic mass is 10.2. The second kappa shape index (κ2) is 4.51. The van der Waals surface area contributed by atoms with Gasteiger partial charge in [-0.05, 0) is 30.7 Å². The Balaban J connectivity index is 2.07. The Morgan fingerprint density at radius 2 is 2.16 bits per heavy atom. The average molecular weight is 319 g/mol.